The summed E-state index contributed by atoms with van der Waals surface area (Å²) in [5, 5.41) is 1.20. The normalized spacial score (nSPS) is 14.8. The molecule has 0 saturated heterocycles. The Balaban J connectivity index is 2.39. The minimum atomic E-state index is 0.596. The topological polar surface area (TPSA) is 27.1 Å². The summed E-state index contributed by atoms with van der Waals surface area (Å²) in [6, 6.07) is 2.06. The van der Waals surface area contributed by atoms with Crippen molar-refractivity contribution in [3.63, 3.8) is 0 Å². The van der Waals surface area contributed by atoms with Crippen LogP contribution in [0.25, 0.3) is 16.6 Å². The Labute approximate surface area is 118 Å². The molecule has 3 nitrogen and oxygen atoms in total. The second kappa shape index (κ2) is 4.67. The van der Waals surface area contributed by atoms with E-state index in [-0.39, 0.29) is 0 Å². The molecule has 3 rings (SSSR count). The molecule has 0 bridgehead atoms. The molecule has 0 aromatic carbocycles. The van der Waals surface area contributed by atoms with Crippen molar-refractivity contribution in [2.24, 2.45) is 7.05 Å². The van der Waals surface area contributed by atoms with Gasteiger partial charge in [0.2, 0.25) is 0 Å². The zero-order valence-corrected chi connectivity index (χ0v) is 12.1. The largest absolute Gasteiger partial charge is 0.493 e. The van der Waals surface area contributed by atoms with E-state index in [0.717, 1.165) is 17.0 Å². The van der Waals surface area contributed by atoms with Crippen LogP contribution in [0.3, 0.4) is 0 Å². The Kier molecular flexibility index (Phi) is 2.97. The maximum atomic E-state index is 5.93. The SMILES string of the molecule is C=C/C=C\C1=C(C)OCc2c(C)n(C)c3nccc1c23. The molecule has 0 fully saturated rings. The second-order valence-corrected chi connectivity index (χ2v) is 5.03. The predicted octanol–water partition coefficient (Wildman–Crippen LogP) is 3.89. The summed E-state index contributed by atoms with van der Waals surface area (Å²) in [4.78, 5) is 4.53. The summed E-state index contributed by atoms with van der Waals surface area (Å²) in [7, 11) is 2.05. The quantitative estimate of drug-likeness (QED) is 0.771. The van der Waals surface area contributed by atoms with Crippen LogP contribution in [0.15, 0.2) is 42.8 Å². The number of pyridine rings is 1. The minimum Gasteiger partial charge on any atom is -0.493 e. The zero-order chi connectivity index (χ0) is 14.3. The summed E-state index contributed by atoms with van der Waals surface area (Å²) in [6.07, 6.45) is 7.63. The van der Waals surface area contributed by atoms with Gasteiger partial charge >= 0.3 is 0 Å². The average Bonchev–Trinajstić information content (AvgIpc) is 2.61. The Morgan fingerprint density at radius 1 is 1.40 bits per heavy atom. The lowest BCUT2D eigenvalue weighted by atomic mass is 10.0. The van der Waals surface area contributed by atoms with Crippen molar-refractivity contribution in [3.05, 3.63) is 59.7 Å². The molecule has 0 atom stereocenters. The van der Waals surface area contributed by atoms with Gasteiger partial charge in [-0.2, -0.15) is 0 Å². The lowest BCUT2D eigenvalue weighted by Crippen LogP contribution is -1.96. The summed E-state index contributed by atoms with van der Waals surface area (Å²) < 4.78 is 8.06. The minimum absolute atomic E-state index is 0.596. The van der Waals surface area contributed by atoms with E-state index in [1.165, 1.54) is 22.2 Å². The summed E-state index contributed by atoms with van der Waals surface area (Å²) in [6.45, 7) is 8.46. The molecule has 2 aromatic rings. The molecule has 1 aliphatic heterocycles. The number of allylic oxidation sites excluding steroid dienone is 5. The van der Waals surface area contributed by atoms with Gasteiger partial charge in [0.1, 0.15) is 18.0 Å². The van der Waals surface area contributed by atoms with Crippen LogP contribution in [0.5, 0.6) is 0 Å². The molecule has 102 valence electrons. The van der Waals surface area contributed by atoms with Gasteiger partial charge < -0.3 is 9.30 Å². The zero-order valence-electron chi connectivity index (χ0n) is 12.1. The Morgan fingerprint density at radius 2 is 2.20 bits per heavy atom. The van der Waals surface area contributed by atoms with Crippen LogP contribution in [-0.2, 0) is 18.4 Å². The van der Waals surface area contributed by atoms with Crippen LogP contribution in [-0.4, -0.2) is 9.55 Å². The monoisotopic (exact) mass is 266 g/mol. The van der Waals surface area contributed by atoms with Crippen molar-refractivity contribution in [2.45, 2.75) is 20.5 Å². The molecule has 3 heterocycles. The highest BCUT2D eigenvalue weighted by molar-refractivity contribution is 5.97. The molecule has 1 aliphatic rings. The van der Waals surface area contributed by atoms with E-state index in [1.54, 1.807) is 6.08 Å². The fourth-order valence-corrected chi connectivity index (χ4v) is 2.77. The molecule has 0 radical (unpaired) electrons. The molecule has 2 aromatic heterocycles. The van der Waals surface area contributed by atoms with E-state index in [1.807, 2.05) is 19.2 Å². The van der Waals surface area contributed by atoms with Gasteiger partial charge in [0.15, 0.2) is 0 Å². The van der Waals surface area contributed by atoms with Crippen LogP contribution < -0.4 is 0 Å². The number of ether oxygens (including phenoxy) is 1. The van der Waals surface area contributed by atoms with E-state index in [9.17, 15) is 0 Å². The fraction of sp³-hybridized carbons (Fsp3) is 0.235. The molecular weight excluding hydrogens is 248 g/mol. The van der Waals surface area contributed by atoms with Crippen LogP contribution in [0.1, 0.15) is 23.7 Å². The highest BCUT2D eigenvalue weighted by Crippen LogP contribution is 2.36. The third-order valence-corrected chi connectivity index (χ3v) is 3.99. The molecule has 0 spiro atoms. The molecule has 0 aliphatic carbocycles. The number of aryl methyl sites for hydroxylation is 1. The summed E-state index contributed by atoms with van der Waals surface area (Å²) in [5.74, 6) is 0.939. The molecule has 3 heteroatoms. The third kappa shape index (κ3) is 1.70. The second-order valence-electron chi connectivity index (χ2n) is 5.03. The standard InChI is InChI=1S/C17H18N2O/c1-5-6-7-13-12(3)20-10-15-11(2)19(4)17-16(15)14(13)8-9-18-17/h5-9H,1,10H2,2-4H3/b7-6-. The lowest BCUT2D eigenvalue weighted by Gasteiger charge is -2.08. The van der Waals surface area contributed by atoms with Crippen molar-refractivity contribution in [1.29, 1.82) is 0 Å². The van der Waals surface area contributed by atoms with Crippen molar-refractivity contribution >= 4 is 16.6 Å². The lowest BCUT2D eigenvalue weighted by molar-refractivity contribution is 0.204. The number of hydrogen-bond donors (Lipinski definition) is 0. The summed E-state index contributed by atoms with van der Waals surface area (Å²) >= 11 is 0. The number of nitrogens with zero attached hydrogens (tertiary/aromatic N) is 2. The van der Waals surface area contributed by atoms with Crippen molar-refractivity contribution in [1.82, 2.24) is 9.55 Å². The van der Waals surface area contributed by atoms with E-state index in [4.69, 9.17) is 4.74 Å². The first-order valence-corrected chi connectivity index (χ1v) is 6.71. The van der Waals surface area contributed by atoms with Gasteiger partial charge in [-0.15, -0.1) is 0 Å². The average molecular weight is 266 g/mol. The van der Waals surface area contributed by atoms with Gasteiger partial charge in [0, 0.05) is 35.5 Å². The highest BCUT2D eigenvalue weighted by atomic mass is 16.5. The molecular formula is C17H18N2O. The maximum Gasteiger partial charge on any atom is 0.140 e. The number of rotatable bonds is 2. The molecule has 0 saturated carbocycles. The first-order valence-electron chi connectivity index (χ1n) is 6.71. The van der Waals surface area contributed by atoms with E-state index in [2.05, 4.69) is 42.2 Å². The number of aromatic nitrogens is 2. The predicted molar refractivity (Wildman–Crippen MR) is 82.2 cm³/mol. The van der Waals surface area contributed by atoms with Crippen LogP contribution in [0.2, 0.25) is 0 Å². The molecule has 0 N–H and O–H groups in total. The van der Waals surface area contributed by atoms with Crippen LogP contribution in [0, 0.1) is 6.92 Å². The van der Waals surface area contributed by atoms with Gasteiger partial charge in [0.25, 0.3) is 0 Å². The molecule has 20 heavy (non-hydrogen) atoms. The first-order chi connectivity index (χ1) is 9.65. The highest BCUT2D eigenvalue weighted by Gasteiger charge is 2.21. The van der Waals surface area contributed by atoms with Crippen molar-refractivity contribution in [3.8, 4) is 0 Å². The van der Waals surface area contributed by atoms with Crippen molar-refractivity contribution < 1.29 is 4.74 Å². The Bertz CT molecular complexity index is 763. The van der Waals surface area contributed by atoms with Gasteiger partial charge in [-0.3, -0.25) is 0 Å². The molecule has 0 unspecified atom stereocenters. The van der Waals surface area contributed by atoms with Gasteiger partial charge in [-0.05, 0) is 25.5 Å². The first kappa shape index (κ1) is 12.7. The van der Waals surface area contributed by atoms with E-state index in [0.29, 0.717) is 6.61 Å². The maximum absolute atomic E-state index is 5.93. The van der Waals surface area contributed by atoms with E-state index >= 15 is 0 Å². The van der Waals surface area contributed by atoms with Crippen LogP contribution >= 0.6 is 0 Å². The summed E-state index contributed by atoms with van der Waals surface area (Å²) in [5.41, 5.74) is 5.73. The third-order valence-electron chi connectivity index (χ3n) is 3.99. The Hall–Kier alpha value is -2.29. The van der Waals surface area contributed by atoms with Gasteiger partial charge in [-0.25, -0.2) is 4.98 Å². The van der Waals surface area contributed by atoms with E-state index < -0.39 is 0 Å². The Morgan fingerprint density at radius 3 is 2.95 bits per heavy atom. The van der Waals surface area contributed by atoms with Gasteiger partial charge in [0.05, 0.1) is 0 Å². The van der Waals surface area contributed by atoms with Crippen molar-refractivity contribution in [2.75, 3.05) is 0 Å². The van der Waals surface area contributed by atoms with Gasteiger partial charge in [-0.1, -0.05) is 24.8 Å². The smallest absolute Gasteiger partial charge is 0.140 e. The van der Waals surface area contributed by atoms with Crippen LogP contribution in [0.4, 0.5) is 0 Å². The molecule has 0 amide bonds. The number of hydrogen-bond acceptors (Lipinski definition) is 2. The fourth-order valence-electron chi connectivity index (χ4n) is 2.77.